The van der Waals surface area contributed by atoms with Gasteiger partial charge in [-0.05, 0) is 61.7 Å². The van der Waals surface area contributed by atoms with E-state index < -0.39 is 15.9 Å². The molecule has 9 heteroatoms. The summed E-state index contributed by atoms with van der Waals surface area (Å²) in [4.78, 5) is 17.4. The van der Waals surface area contributed by atoms with Crippen LogP contribution in [0.15, 0.2) is 52.7 Å². The van der Waals surface area contributed by atoms with Gasteiger partial charge in [-0.1, -0.05) is 12.5 Å². The van der Waals surface area contributed by atoms with E-state index in [0.717, 1.165) is 24.8 Å². The molecule has 0 radical (unpaired) electrons. The van der Waals surface area contributed by atoms with Gasteiger partial charge in [-0.25, -0.2) is 17.8 Å². The van der Waals surface area contributed by atoms with Gasteiger partial charge in [-0.15, -0.1) is 11.3 Å². The normalized spacial score (nSPS) is 15.0. The Labute approximate surface area is 184 Å². The molecule has 0 spiro atoms. The predicted octanol–water partition coefficient (Wildman–Crippen LogP) is 4.68. The van der Waals surface area contributed by atoms with E-state index in [1.165, 1.54) is 33.8 Å². The van der Waals surface area contributed by atoms with Crippen molar-refractivity contribution in [2.75, 3.05) is 18.4 Å². The van der Waals surface area contributed by atoms with Gasteiger partial charge in [0.05, 0.1) is 10.6 Å². The Hall–Kier alpha value is -2.62. The van der Waals surface area contributed by atoms with Crippen molar-refractivity contribution in [3.63, 3.8) is 0 Å². The molecule has 1 aliphatic heterocycles. The van der Waals surface area contributed by atoms with E-state index in [1.807, 2.05) is 0 Å². The van der Waals surface area contributed by atoms with E-state index in [1.54, 1.807) is 36.6 Å². The average molecular weight is 460 g/mol. The number of halogens is 1. The van der Waals surface area contributed by atoms with Crippen molar-refractivity contribution in [2.45, 2.75) is 31.1 Å². The van der Waals surface area contributed by atoms with E-state index in [-0.39, 0.29) is 16.3 Å². The largest absolute Gasteiger partial charge is 0.298 e. The number of benzene rings is 2. The third-order valence-corrected chi connectivity index (χ3v) is 7.92. The number of carbonyl (C=O) groups excluding carboxylic acids is 1. The van der Waals surface area contributed by atoms with Crippen LogP contribution in [0.1, 0.15) is 35.2 Å². The molecule has 162 valence electrons. The van der Waals surface area contributed by atoms with Crippen LogP contribution in [0.5, 0.6) is 0 Å². The molecule has 6 nitrogen and oxygen atoms in total. The van der Waals surface area contributed by atoms with Crippen LogP contribution in [0, 0.1) is 12.7 Å². The van der Waals surface area contributed by atoms with Crippen LogP contribution in [0.2, 0.25) is 0 Å². The molecule has 1 aromatic heterocycles. The smallest absolute Gasteiger partial charge is 0.257 e. The lowest BCUT2D eigenvalue weighted by Gasteiger charge is -2.26. The second-order valence-corrected chi connectivity index (χ2v) is 10.2. The molecule has 2 heterocycles. The Bertz CT molecular complexity index is 1200. The van der Waals surface area contributed by atoms with Crippen LogP contribution in [0.4, 0.5) is 9.52 Å². The van der Waals surface area contributed by atoms with Crippen LogP contribution < -0.4 is 5.32 Å². The molecule has 0 aliphatic carbocycles. The number of rotatable bonds is 5. The minimum absolute atomic E-state index is 0.122. The van der Waals surface area contributed by atoms with E-state index in [0.29, 0.717) is 29.5 Å². The number of carbonyl (C=O) groups is 1. The average Bonchev–Trinajstić information content (AvgIpc) is 3.23. The standard InChI is InChI=1S/C22H22FN3O3S2/c1-15-5-10-18(31(28,29)26-11-3-2-4-12-26)13-19(15)21(27)25-22-24-20(14-30-22)16-6-8-17(23)9-7-16/h5-10,13-14H,2-4,11-12H2,1H3,(H,24,25,27). The highest BCUT2D eigenvalue weighted by Gasteiger charge is 2.27. The number of sulfonamides is 1. The van der Waals surface area contributed by atoms with Gasteiger partial charge in [0.1, 0.15) is 5.82 Å². The molecule has 2 aromatic carbocycles. The van der Waals surface area contributed by atoms with Crippen molar-refractivity contribution in [3.8, 4) is 11.3 Å². The topological polar surface area (TPSA) is 79.4 Å². The maximum atomic E-state index is 13.1. The second-order valence-electron chi connectivity index (χ2n) is 7.44. The predicted molar refractivity (Wildman–Crippen MR) is 119 cm³/mol. The molecule has 31 heavy (non-hydrogen) atoms. The van der Waals surface area contributed by atoms with E-state index in [2.05, 4.69) is 10.3 Å². The summed E-state index contributed by atoms with van der Waals surface area (Å²) in [5.74, 6) is -0.754. The van der Waals surface area contributed by atoms with Crippen molar-refractivity contribution in [1.82, 2.24) is 9.29 Å². The number of amides is 1. The summed E-state index contributed by atoms with van der Waals surface area (Å²) in [6, 6.07) is 10.6. The molecule has 4 rings (SSSR count). The monoisotopic (exact) mass is 459 g/mol. The first-order valence-electron chi connectivity index (χ1n) is 9.98. The SMILES string of the molecule is Cc1ccc(S(=O)(=O)N2CCCCC2)cc1C(=O)Nc1nc(-c2ccc(F)cc2)cs1. The van der Waals surface area contributed by atoms with Crippen molar-refractivity contribution < 1.29 is 17.6 Å². The first kappa shape index (κ1) is 21.6. The Morgan fingerprint density at radius 3 is 2.52 bits per heavy atom. The first-order valence-corrected chi connectivity index (χ1v) is 12.3. The number of thiazole rings is 1. The van der Waals surface area contributed by atoms with Crippen LogP contribution >= 0.6 is 11.3 Å². The number of hydrogen-bond acceptors (Lipinski definition) is 5. The number of aryl methyl sites for hydroxylation is 1. The molecule has 1 amide bonds. The van der Waals surface area contributed by atoms with Gasteiger partial charge in [0.15, 0.2) is 5.13 Å². The zero-order valence-electron chi connectivity index (χ0n) is 17.0. The number of nitrogens with zero attached hydrogens (tertiary/aromatic N) is 2. The molecule has 1 aliphatic rings. The van der Waals surface area contributed by atoms with Gasteiger partial charge in [0.2, 0.25) is 10.0 Å². The third kappa shape index (κ3) is 4.68. The molecule has 0 unspecified atom stereocenters. The molecule has 0 saturated carbocycles. The van der Waals surface area contributed by atoms with Gasteiger partial charge in [-0.2, -0.15) is 4.31 Å². The minimum Gasteiger partial charge on any atom is -0.298 e. The fraction of sp³-hybridized carbons (Fsp3) is 0.273. The van der Waals surface area contributed by atoms with Crippen molar-refractivity contribution in [3.05, 3.63) is 64.8 Å². The highest BCUT2D eigenvalue weighted by molar-refractivity contribution is 7.89. The van der Waals surface area contributed by atoms with Crippen LogP contribution in [0.3, 0.4) is 0 Å². The number of hydrogen-bond donors (Lipinski definition) is 1. The summed E-state index contributed by atoms with van der Waals surface area (Å²) in [5, 5.41) is 4.90. The lowest BCUT2D eigenvalue weighted by Crippen LogP contribution is -2.35. The number of piperidine rings is 1. The van der Waals surface area contributed by atoms with E-state index >= 15 is 0 Å². The highest BCUT2D eigenvalue weighted by atomic mass is 32.2. The fourth-order valence-electron chi connectivity index (χ4n) is 3.51. The zero-order valence-corrected chi connectivity index (χ0v) is 18.6. The second kappa shape index (κ2) is 8.86. The summed E-state index contributed by atoms with van der Waals surface area (Å²) in [6.07, 6.45) is 2.72. The molecule has 1 N–H and O–H groups in total. The Morgan fingerprint density at radius 2 is 1.81 bits per heavy atom. The van der Waals surface area contributed by atoms with Crippen molar-refractivity contribution >= 4 is 32.4 Å². The van der Waals surface area contributed by atoms with E-state index in [9.17, 15) is 17.6 Å². The van der Waals surface area contributed by atoms with Gasteiger partial charge in [-0.3, -0.25) is 10.1 Å². The number of anilines is 1. The molecule has 1 saturated heterocycles. The Balaban J connectivity index is 1.55. The van der Waals surface area contributed by atoms with Gasteiger partial charge in [0.25, 0.3) is 5.91 Å². The molecule has 1 fully saturated rings. The van der Waals surface area contributed by atoms with Crippen LogP contribution in [0.25, 0.3) is 11.3 Å². The first-order chi connectivity index (χ1) is 14.8. The number of aromatic nitrogens is 1. The zero-order chi connectivity index (χ0) is 22.0. The summed E-state index contributed by atoms with van der Waals surface area (Å²) in [7, 11) is -3.63. The molecular formula is C22H22FN3O3S2. The summed E-state index contributed by atoms with van der Waals surface area (Å²) >= 11 is 1.25. The Morgan fingerprint density at radius 1 is 1.10 bits per heavy atom. The number of nitrogens with one attached hydrogen (secondary N) is 1. The molecule has 0 atom stereocenters. The minimum atomic E-state index is -3.63. The maximum Gasteiger partial charge on any atom is 0.257 e. The highest BCUT2D eigenvalue weighted by Crippen LogP contribution is 2.27. The van der Waals surface area contributed by atoms with Crippen LogP contribution in [-0.2, 0) is 10.0 Å². The molecular weight excluding hydrogens is 437 g/mol. The Kier molecular flexibility index (Phi) is 6.17. The third-order valence-electron chi connectivity index (χ3n) is 5.27. The van der Waals surface area contributed by atoms with Crippen LogP contribution in [-0.4, -0.2) is 36.7 Å². The summed E-state index contributed by atoms with van der Waals surface area (Å²) < 4.78 is 40.6. The molecule has 3 aromatic rings. The van der Waals surface area contributed by atoms with Gasteiger partial charge >= 0.3 is 0 Å². The van der Waals surface area contributed by atoms with E-state index in [4.69, 9.17) is 0 Å². The van der Waals surface area contributed by atoms with Crippen molar-refractivity contribution in [2.24, 2.45) is 0 Å². The summed E-state index contributed by atoms with van der Waals surface area (Å²) in [5.41, 5.74) is 2.32. The lowest BCUT2D eigenvalue weighted by atomic mass is 10.1. The van der Waals surface area contributed by atoms with Gasteiger partial charge in [0, 0.05) is 29.6 Å². The quantitative estimate of drug-likeness (QED) is 0.601. The lowest BCUT2D eigenvalue weighted by molar-refractivity contribution is 0.102. The van der Waals surface area contributed by atoms with Crippen molar-refractivity contribution in [1.29, 1.82) is 0 Å². The maximum absolute atomic E-state index is 13.1. The van der Waals surface area contributed by atoms with Gasteiger partial charge < -0.3 is 0 Å². The summed E-state index contributed by atoms with van der Waals surface area (Å²) in [6.45, 7) is 2.77. The fourth-order valence-corrected chi connectivity index (χ4v) is 5.77. The molecule has 0 bridgehead atoms.